The molecule has 1 saturated carbocycles. The summed E-state index contributed by atoms with van der Waals surface area (Å²) in [6, 6.07) is 19.2. The summed E-state index contributed by atoms with van der Waals surface area (Å²) in [5.74, 6) is 0.865. The molecule has 0 amide bonds. The Labute approximate surface area is 142 Å². The molecule has 1 heterocycles. The molecule has 1 N–H and O–H groups in total. The van der Waals surface area contributed by atoms with E-state index in [-0.39, 0.29) is 0 Å². The van der Waals surface area contributed by atoms with E-state index in [0.29, 0.717) is 6.04 Å². The fourth-order valence-corrected chi connectivity index (χ4v) is 3.49. The molecule has 1 aliphatic carbocycles. The number of rotatable bonds is 4. The van der Waals surface area contributed by atoms with Crippen LogP contribution in [0.15, 0.2) is 54.6 Å². The van der Waals surface area contributed by atoms with Crippen LogP contribution in [-0.4, -0.2) is 18.1 Å². The predicted molar refractivity (Wildman–Crippen MR) is 99.6 cm³/mol. The molecule has 0 unspecified atom stereocenters. The minimum atomic E-state index is 0.583. The smallest absolute Gasteiger partial charge is 0.118 e. The number of hydrogen-bond acceptors (Lipinski definition) is 3. The highest BCUT2D eigenvalue weighted by molar-refractivity contribution is 5.93. The van der Waals surface area contributed by atoms with Gasteiger partial charge in [-0.3, -0.25) is 0 Å². The minimum Gasteiger partial charge on any atom is -0.497 e. The van der Waals surface area contributed by atoms with E-state index in [0.717, 1.165) is 22.5 Å². The number of pyridine rings is 1. The first kappa shape index (κ1) is 15.0. The lowest BCUT2D eigenvalue weighted by atomic mass is 10.1. The molecule has 0 aliphatic heterocycles. The molecule has 2 aromatic carbocycles. The molecule has 0 bridgehead atoms. The lowest BCUT2D eigenvalue weighted by Crippen LogP contribution is -2.14. The number of nitrogens with one attached hydrogen (secondary N) is 1. The molecule has 3 nitrogen and oxygen atoms in total. The number of para-hydroxylation sites is 1. The lowest BCUT2D eigenvalue weighted by Gasteiger charge is -2.17. The van der Waals surface area contributed by atoms with Gasteiger partial charge in [0.15, 0.2) is 0 Å². The molecular weight excluding hydrogens is 296 g/mol. The van der Waals surface area contributed by atoms with Crippen LogP contribution in [0.5, 0.6) is 5.75 Å². The standard InChI is InChI=1S/C21H22N2O/c1-24-17-12-10-15(11-13-17)20-14-21(22-16-6-2-3-7-16)18-8-4-5-9-19(18)23-20/h4-5,8-14,16H,2-3,6-7H2,1H3,(H,22,23). The number of methoxy groups -OCH3 is 1. The number of hydrogen-bond donors (Lipinski definition) is 1. The highest BCUT2D eigenvalue weighted by Crippen LogP contribution is 2.31. The van der Waals surface area contributed by atoms with E-state index in [1.807, 2.05) is 18.2 Å². The van der Waals surface area contributed by atoms with E-state index in [1.54, 1.807) is 7.11 Å². The summed E-state index contributed by atoms with van der Waals surface area (Å²) in [4.78, 5) is 4.86. The fourth-order valence-electron chi connectivity index (χ4n) is 3.49. The average Bonchev–Trinajstić information content (AvgIpc) is 3.15. The summed E-state index contributed by atoms with van der Waals surface area (Å²) in [7, 11) is 1.69. The Balaban J connectivity index is 1.77. The lowest BCUT2D eigenvalue weighted by molar-refractivity contribution is 0.415. The summed E-state index contributed by atoms with van der Waals surface area (Å²) in [5, 5.41) is 4.95. The van der Waals surface area contributed by atoms with Crippen molar-refractivity contribution >= 4 is 16.6 Å². The third-order valence-electron chi connectivity index (χ3n) is 4.82. The van der Waals surface area contributed by atoms with Crippen molar-refractivity contribution in [3.8, 4) is 17.0 Å². The SMILES string of the molecule is COc1ccc(-c2cc(NC3CCCC3)c3ccccc3n2)cc1. The number of nitrogens with zero attached hydrogens (tertiary/aromatic N) is 1. The van der Waals surface area contributed by atoms with Gasteiger partial charge in [0.25, 0.3) is 0 Å². The van der Waals surface area contributed by atoms with Crippen LogP contribution in [0.1, 0.15) is 25.7 Å². The zero-order valence-corrected chi connectivity index (χ0v) is 14.0. The molecule has 0 atom stereocenters. The number of fused-ring (bicyclic) bond motifs is 1. The Bertz CT molecular complexity index is 836. The second-order valence-corrected chi connectivity index (χ2v) is 6.43. The summed E-state index contributed by atoms with van der Waals surface area (Å²) >= 11 is 0. The Hall–Kier alpha value is -2.55. The van der Waals surface area contributed by atoms with E-state index < -0.39 is 0 Å². The van der Waals surface area contributed by atoms with Gasteiger partial charge < -0.3 is 10.1 Å². The van der Waals surface area contributed by atoms with Crippen molar-refractivity contribution in [1.82, 2.24) is 4.98 Å². The van der Waals surface area contributed by atoms with Crippen LogP contribution in [-0.2, 0) is 0 Å². The largest absolute Gasteiger partial charge is 0.497 e. The van der Waals surface area contributed by atoms with Gasteiger partial charge in [-0.1, -0.05) is 31.0 Å². The zero-order chi connectivity index (χ0) is 16.4. The summed E-state index contributed by atoms with van der Waals surface area (Å²) in [6.45, 7) is 0. The highest BCUT2D eigenvalue weighted by Gasteiger charge is 2.16. The van der Waals surface area contributed by atoms with E-state index in [2.05, 4.69) is 41.7 Å². The Kier molecular flexibility index (Phi) is 4.08. The van der Waals surface area contributed by atoms with Crippen LogP contribution in [0.25, 0.3) is 22.2 Å². The zero-order valence-electron chi connectivity index (χ0n) is 14.0. The number of anilines is 1. The van der Waals surface area contributed by atoms with Gasteiger partial charge in [-0.05, 0) is 49.2 Å². The van der Waals surface area contributed by atoms with Gasteiger partial charge in [0, 0.05) is 22.7 Å². The first-order chi connectivity index (χ1) is 11.8. The maximum absolute atomic E-state index is 5.25. The minimum absolute atomic E-state index is 0.583. The Morgan fingerprint density at radius 3 is 2.50 bits per heavy atom. The van der Waals surface area contributed by atoms with E-state index >= 15 is 0 Å². The first-order valence-corrected chi connectivity index (χ1v) is 8.64. The maximum Gasteiger partial charge on any atom is 0.118 e. The molecule has 4 rings (SSSR count). The van der Waals surface area contributed by atoms with Crippen LogP contribution in [0, 0.1) is 0 Å². The Morgan fingerprint density at radius 2 is 1.75 bits per heavy atom. The van der Waals surface area contributed by atoms with E-state index in [1.165, 1.54) is 36.8 Å². The quantitative estimate of drug-likeness (QED) is 0.712. The average molecular weight is 318 g/mol. The van der Waals surface area contributed by atoms with Crippen molar-refractivity contribution in [2.75, 3.05) is 12.4 Å². The van der Waals surface area contributed by atoms with Crippen molar-refractivity contribution in [1.29, 1.82) is 0 Å². The van der Waals surface area contributed by atoms with Crippen molar-refractivity contribution in [2.45, 2.75) is 31.7 Å². The molecule has 1 aromatic heterocycles. The van der Waals surface area contributed by atoms with Gasteiger partial charge in [-0.25, -0.2) is 4.98 Å². The molecule has 1 fully saturated rings. The van der Waals surface area contributed by atoms with Crippen LogP contribution in [0.4, 0.5) is 5.69 Å². The summed E-state index contributed by atoms with van der Waals surface area (Å²) in [6.07, 6.45) is 5.17. The monoisotopic (exact) mass is 318 g/mol. The number of ether oxygens (including phenoxy) is 1. The van der Waals surface area contributed by atoms with Crippen molar-refractivity contribution in [2.24, 2.45) is 0 Å². The van der Waals surface area contributed by atoms with Crippen LogP contribution >= 0.6 is 0 Å². The highest BCUT2D eigenvalue weighted by atomic mass is 16.5. The first-order valence-electron chi connectivity index (χ1n) is 8.64. The molecule has 3 heteroatoms. The van der Waals surface area contributed by atoms with Gasteiger partial charge in [0.05, 0.1) is 18.3 Å². The third-order valence-corrected chi connectivity index (χ3v) is 4.82. The molecule has 122 valence electrons. The van der Waals surface area contributed by atoms with Gasteiger partial charge in [-0.2, -0.15) is 0 Å². The molecular formula is C21H22N2O. The molecule has 0 saturated heterocycles. The molecule has 0 spiro atoms. The maximum atomic E-state index is 5.25. The van der Waals surface area contributed by atoms with Gasteiger partial charge >= 0.3 is 0 Å². The van der Waals surface area contributed by atoms with E-state index in [4.69, 9.17) is 9.72 Å². The topological polar surface area (TPSA) is 34.1 Å². The van der Waals surface area contributed by atoms with Gasteiger partial charge in [0.1, 0.15) is 5.75 Å². The van der Waals surface area contributed by atoms with Crippen molar-refractivity contribution in [3.63, 3.8) is 0 Å². The normalized spacial score (nSPS) is 14.9. The van der Waals surface area contributed by atoms with Crippen LogP contribution < -0.4 is 10.1 Å². The van der Waals surface area contributed by atoms with Crippen molar-refractivity contribution in [3.05, 3.63) is 54.6 Å². The van der Waals surface area contributed by atoms with Crippen LogP contribution in [0.2, 0.25) is 0 Å². The fraction of sp³-hybridized carbons (Fsp3) is 0.286. The summed E-state index contributed by atoms with van der Waals surface area (Å²) in [5.41, 5.74) is 4.33. The summed E-state index contributed by atoms with van der Waals surface area (Å²) < 4.78 is 5.25. The molecule has 3 aromatic rings. The number of benzene rings is 2. The molecule has 0 radical (unpaired) electrons. The van der Waals surface area contributed by atoms with Crippen molar-refractivity contribution < 1.29 is 4.74 Å². The van der Waals surface area contributed by atoms with Gasteiger partial charge in [0.2, 0.25) is 0 Å². The van der Waals surface area contributed by atoms with E-state index in [9.17, 15) is 0 Å². The molecule has 24 heavy (non-hydrogen) atoms. The second kappa shape index (κ2) is 6.52. The van der Waals surface area contributed by atoms with Crippen LogP contribution in [0.3, 0.4) is 0 Å². The predicted octanol–water partition coefficient (Wildman–Crippen LogP) is 5.26. The number of aromatic nitrogens is 1. The second-order valence-electron chi connectivity index (χ2n) is 6.43. The van der Waals surface area contributed by atoms with Gasteiger partial charge in [-0.15, -0.1) is 0 Å². The third kappa shape index (κ3) is 2.94. The Morgan fingerprint density at radius 1 is 1.00 bits per heavy atom. The molecule has 1 aliphatic rings.